The molecule has 0 atom stereocenters. The first kappa shape index (κ1) is 16.5. The van der Waals surface area contributed by atoms with Crippen LogP contribution in [0.1, 0.15) is 13.3 Å². The van der Waals surface area contributed by atoms with E-state index in [9.17, 15) is 13.2 Å². The van der Waals surface area contributed by atoms with Gasteiger partial charge in [-0.3, -0.25) is 4.55 Å². The maximum absolute atomic E-state index is 10.7. The average molecular weight is 239 g/mol. The largest absolute Gasteiger partial charge is 0.462 e. The van der Waals surface area contributed by atoms with Gasteiger partial charge in [0.2, 0.25) is 0 Å². The quantitative estimate of drug-likeness (QED) is 0.302. The van der Waals surface area contributed by atoms with Crippen molar-refractivity contribution < 1.29 is 22.5 Å². The molecule has 0 aliphatic carbocycles. The molecule has 6 nitrogen and oxygen atoms in total. The second-order valence-corrected chi connectivity index (χ2v) is 4.13. The number of rotatable bonds is 5. The molecule has 0 fully saturated rings. The molecule has 0 radical (unpaired) electrons. The highest BCUT2D eigenvalue weighted by molar-refractivity contribution is 7.85. The fraction of sp³-hybridized carbons (Fsp3) is 0.625. The van der Waals surface area contributed by atoms with Gasteiger partial charge in [-0.25, -0.2) is 4.79 Å². The van der Waals surface area contributed by atoms with Crippen molar-refractivity contribution in [3.05, 3.63) is 12.2 Å². The van der Waals surface area contributed by atoms with Crippen molar-refractivity contribution in [2.45, 2.75) is 13.3 Å². The molecule has 15 heavy (non-hydrogen) atoms. The molecule has 0 rings (SSSR count). The van der Waals surface area contributed by atoms with Crippen LogP contribution < -0.4 is 5.73 Å². The summed E-state index contributed by atoms with van der Waals surface area (Å²) in [5.41, 5.74) is 4.76. The summed E-state index contributed by atoms with van der Waals surface area (Å²) in [6.45, 7) is 4.80. The van der Waals surface area contributed by atoms with Gasteiger partial charge >= 0.3 is 5.97 Å². The summed E-state index contributed by atoms with van der Waals surface area (Å²) < 4.78 is 33.3. The summed E-state index contributed by atoms with van der Waals surface area (Å²) in [7, 11) is -2.46. The van der Waals surface area contributed by atoms with Gasteiger partial charge in [0, 0.05) is 5.57 Å². The Balaban J connectivity index is 0. The molecule has 7 heteroatoms. The van der Waals surface area contributed by atoms with Crippen molar-refractivity contribution in [2.24, 2.45) is 5.73 Å². The highest BCUT2D eigenvalue weighted by Gasteiger charge is 2.06. The predicted octanol–water partition coefficient (Wildman–Crippen LogP) is -0.0415. The Hall–Kier alpha value is -0.920. The third-order valence-electron chi connectivity index (χ3n) is 1.13. The van der Waals surface area contributed by atoms with E-state index in [0.29, 0.717) is 0 Å². The number of hydrogen-bond donors (Lipinski definition) is 2. The molecule has 0 spiro atoms. The van der Waals surface area contributed by atoms with Crippen LogP contribution in [-0.4, -0.2) is 38.3 Å². The Morgan fingerprint density at radius 2 is 1.93 bits per heavy atom. The summed E-state index contributed by atoms with van der Waals surface area (Å²) in [4.78, 5) is 10.7. The Labute approximate surface area is 89.9 Å². The fourth-order valence-electron chi connectivity index (χ4n) is 0.529. The zero-order chi connectivity index (χ0) is 12.5. The highest BCUT2D eigenvalue weighted by Crippen LogP contribution is 1.95. The van der Waals surface area contributed by atoms with Crippen LogP contribution in [0.25, 0.3) is 0 Å². The van der Waals surface area contributed by atoms with Gasteiger partial charge in [-0.1, -0.05) is 6.58 Å². The molecule has 0 aliphatic rings. The van der Waals surface area contributed by atoms with Gasteiger partial charge in [-0.05, 0) is 20.4 Å². The van der Waals surface area contributed by atoms with E-state index >= 15 is 0 Å². The van der Waals surface area contributed by atoms with Crippen LogP contribution >= 0.6 is 0 Å². The molecule has 0 bridgehead atoms. The van der Waals surface area contributed by atoms with E-state index in [1.807, 2.05) is 0 Å². The van der Waals surface area contributed by atoms with Gasteiger partial charge in [-0.15, -0.1) is 0 Å². The zero-order valence-electron chi connectivity index (χ0n) is 8.89. The lowest BCUT2D eigenvalue weighted by atomic mass is 10.4. The minimum Gasteiger partial charge on any atom is -0.462 e. The van der Waals surface area contributed by atoms with Crippen LogP contribution in [0.5, 0.6) is 0 Å². The number of esters is 1. The molecule has 0 heterocycles. The van der Waals surface area contributed by atoms with Gasteiger partial charge in [0.25, 0.3) is 10.1 Å². The molecule has 0 aliphatic heterocycles. The van der Waals surface area contributed by atoms with Crippen LogP contribution in [0.4, 0.5) is 0 Å². The van der Waals surface area contributed by atoms with E-state index in [2.05, 4.69) is 17.0 Å². The Morgan fingerprint density at radius 1 is 1.47 bits per heavy atom. The molecule has 0 aromatic heterocycles. The molecule has 0 unspecified atom stereocenters. The van der Waals surface area contributed by atoms with E-state index in [1.54, 1.807) is 0 Å². The van der Waals surface area contributed by atoms with Crippen molar-refractivity contribution >= 4 is 16.1 Å². The fourth-order valence-corrected chi connectivity index (χ4v) is 1.01. The summed E-state index contributed by atoms with van der Waals surface area (Å²) in [5, 5.41) is 0. The SMILES string of the molecule is C=C(C)C(=O)OCCCS(=O)(=O)O.CN. The summed E-state index contributed by atoms with van der Waals surface area (Å²) in [5.74, 6) is -0.966. The van der Waals surface area contributed by atoms with Crippen LogP contribution in [-0.2, 0) is 19.6 Å². The lowest BCUT2D eigenvalue weighted by molar-refractivity contribution is -0.138. The number of ether oxygens (including phenoxy) is 1. The first-order valence-corrected chi connectivity index (χ1v) is 5.79. The van der Waals surface area contributed by atoms with Crippen molar-refractivity contribution in [1.82, 2.24) is 0 Å². The predicted molar refractivity (Wildman–Crippen MR) is 56.9 cm³/mol. The van der Waals surface area contributed by atoms with Gasteiger partial charge in [0.05, 0.1) is 12.4 Å². The number of nitrogens with two attached hydrogens (primary N) is 1. The topological polar surface area (TPSA) is 107 Å². The van der Waals surface area contributed by atoms with E-state index in [4.69, 9.17) is 4.55 Å². The maximum atomic E-state index is 10.7. The minimum atomic E-state index is -3.96. The smallest absolute Gasteiger partial charge is 0.333 e. The summed E-state index contributed by atoms with van der Waals surface area (Å²) in [6, 6.07) is 0. The molecular weight excluding hydrogens is 222 g/mol. The van der Waals surface area contributed by atoms with Gasteiger partial charge in [-0.2, -0.15) is 8.42 Å². The standard InChI is InChI=1S/C7H12O5S.CH5N/c1-6(2)7(8)12-4-3-5-13(9,10)11;1-2/h1,3-5H2,2H3,(H,9,10,11);2H2,1H3. The molecule has 0 saturated heterocycles. The van der Waals surface area contributed by atoms with Crippen LogP contribution in [0.3, 0.4) is 0 Å². The first-order valence-electron chi connectivity index (χ1n) is 4.18. The summed E-state index contributed by atoms with van der Waals surface area (Å²) in [6.07, 6.45) is 0.0812. The van der Waals surface area contributed by atoms with Crippen molar-refractivity contribution in [3.63, 3.8) is 0 Å². The van der Waals surface area contributed by atoms with Gasteiger partial charge < -0.3 is 10.5 Å². The first-order chi connectivity index (χ1) is 6.83. The number of hydrogen-bond acceptors (Lipinski definition) is 5. The molecule has 0 aromatic carbocycles. The van der Waals surface area contributed by atoms with E-state index in [0.717, 1.165) is 0 Å². The van der Waals surface area contributed by atoms with Crippen molar-refractivity contribution in [3.8, 4) is 0 Å². The normalized spacial score (nSPS) is 9.87. The molecule has 0 aromatic rings. The lowest BCUT2D eigenvalue weighted by Gasteiger charge is -2.02. The lowest BCUT2D eigenvalue weighted by Crippen LogP contribution is -2.11. The molecule has 0 amide bonds. The number of carbonyl (C=O) groups is 1. The Morgan fingerprint density at radius 3 is 2.27 bits per heavy atom. The second kappa shape index (κ2) is 8.39. The third-order valence-corrected chi connectivity index (χ3v) is 1.93. The van der Waals surface area contributed by atoms with Gasteiger partial charge in [0.1, 0.15) is 0 Å². The average Bonchev–Trinajstić information content (AvgIpc) is 2.13. The van der Waals surface area contributed by atoms with Crippen LogP contribution in [0.15, 0.2) is 12.2 Å². The van der Waals surface area contributed by atoms with Crippen molar-refractivity contribution in [2.75, 3.05) is 19.4 Å². The maximum Gasteiger partial charge on any atom is 0.333 e. The highest BCUT2D eigenvalue weighted by atomic mass is 32.2. The zero-order valence-corrected chi connectivity index (χ0v) is 9.71. The second-order valence-electron chi connectivity index (χ2n) is 2.56. The third kappa shape index (κ3) is 13.1. The van der Waals surface area contributed by atoms with Crippen LogP contribution in [0, 0.1) is 0 Å². The van der Waals surface area contributed by atoms with E-state index in [1.165, 1.54) is 14.0 Å². The van der Waals surface area contributed by atoms with Gasteiger partial charge in [0.15, 0.2) is 0 Å². The molecule has 0 saturated carbocycles. The Bertz CT molecular complexity index is 296. The van der Waals surface area contributed by atoms with Crippen LogP contribution in [0.2, 0.25) is 0 Å². The monoisotopic (exact) mass is 239 g/mol. The molecule has 3 N–H and O–H groups in total. The van der Waals surface area contributed by atoms with E-state index in [-0.39, 0.29) is 18.6 Å². The molecular formula is C8H17NO5S. The summed E-state index contributed by atoms with van der Waals surface area (Å²) >= 11 is 0. The van der Waals surface area contributed by atoms with Crippen molar-refractivity contribution in [1.29, 1.82) is 0 Å². The Kier molecular flexibility index (Phi) is 9.24. The minimum absolute atomic E-state index is 0.0362. The molecule has 90 valence electrons. The number of carbonyl (C=O) groups excluding carboxylic acids is 1. The van der Waals surface area contributed by atoms with E-state index < -0.39 is 21.8 Å².